The fourth-order valence-corrected chi connectivity index (χ4v) is 3.08. The van der Waals surface area contributed by atoms with Gasteiger partial charge in [-0.1, -0.05) is 0 Å². The molecule has 2 aliphatic rings. The van der Waals surface area contributed by atoms with Gasteiger partial charge >= 0.3 is 6.18 Å². The lowest BCUT2D eigenvalue weighted by Gasteiger charge is -2.39. The van der Waals surface area contributed by atoms with Gasteiger partial charge in [0.05, 0.1) is 6.10 Å². The molecular formula is C15H28F3IN4O. The molecule has 142 valence electrons. The van der Waals surface area contributed by atoms with Crippen LogP contribution >= 0.6 is 24.0 Å². The molecule has 2 unspecified atom stereocenters. The number of halogens is 4. The van der Waals surface area contributed by atoms with Crippen LogP contribution in [0.5, 0.6) is 0 Å². The Morgan fingerprint density at radius 2 is 1.96 bits per heavy atom. The topological polar surface area (TPSA) is 40.1 Å². The monoisotopic (exact) mass is 464 g/mol. The fraction of sp³-hybridized carbons (Fsp3) is 0.933. The van der Waals surface area contributed by atoms with Crippen molar-refractivity contribution < 1.29 is 17.9 Å². The molecular weight excluding hydrogens is 436 g/mol. The minimum Gasteiger partial charge on any atom is -0.378 e. The standard InChI is InChI=1S/C15H27F3N4O.HI/c1-12(15(16,17)18)21-7-9-22(10-8-21)14(19-2)20-6-5-13-4-3-11-23-13;/h12-13H,3-11H2,1-2H3,(H,19,20);1H. The molecule has 0 aliphatic carbocycles. The third-order valence-corrected chi connectivity index (χ3v) is 4.62. The van der Waals surface area contributed by atoms with Crippen molar-refractivity contribution in [2.75, 3.05) is 46.4 Å². The second kappa shape index (κ2) is 10.0. The Bertz CT molecular complexity index is 395. The van der Waals surface area contributed by atoms with Crippen LogP contribution in [-0.2, 0) is 4.74 Å². The maximum absolute atomic E-state index is 12.8. The molecule has 1 N–H and O–H groups in total. The number of aliphatic imine (C=N–C) groups is 1. The van der Waals surface area contributed by atoms with Gasteiger partial charge in [0.15, 0.2) is 5.96 Å². The van der Waals surface area contributed by atoms with Crippen molar-refractivity contribution in [2.45, 2.75) is 44.5 Å². The van der Waals surface area contributed by atoms with Gasteiger partial charge in [-0.15, -0.1) is 24.0 Å². The first kappa shape index (κ1) is 21.8. The smallest absolute Gasteiger partial charge is 0.378 e. The van der Waals surface area contributed by atoms with E-state index in [4.69, 9.17) is 4.74 Å². The van der Waals surface area contributed by atoms with Crippen molar-refractivity contribution in [3.05, 3.63) is 0 Å². The molecule has 2 saturated heterocycles. The van der Waals surface area contributed by atoms with E-state index < -0.39 is 12.2 Å². The molecule has 24 heavy (non-hydrogen) atoms. The third kappa shape index (κ3) is 6.21. The largest absolute Gasteiger partial charge is 0.403 e. The summed E-state index contributed by atoms with van der Waals surface area (Å²) in [5.41, 5.74) is 0. The van der Waals surface area contributed by atoms with E-state index in [1.54, 1.807) is 7.05 Å². The van der Waals surface area contributed by atoms with Gasteiger partial charge in [-0.05, 0) is 26.2 Å². The van der Waals surface area contributed by atoms with Crippen molar-refractivity contribution >= 4 is 29.9 Å². The van der Waals surface area contributed by atoms with Crippen LogP contribution in [0.1, 0.15) is 26.2 Å². The molecule has 2 rings (SSSR count). The molecule has 0 radical (unpaired) electrons. The summed E-state index contributed by atoms with van der Waals surface area (Å²) in [7, 11) is 1.71. The van der Waals surface area contributed by atoms with Gasteiger partial charge in [0.1, 0.15) is 6.04 Å². The van der Waals surface area contributed by atoms with E-state index in [9.17, 15) is 13.2 Å². The number of hydrogen-bond acceptors (Lipinski definition) is 3. The molecule has 0 spiro atoms. The highest BCUT2D eigenvalue weighted by molar-refractivity contribution is 14.0. The first-order valence-corrected chi connectivity index (χ1v) is 8.29. The Hall–Kier alpha value is -0.290. The molecule has 0 amide bonds. The average molecular weight is 464 g/mol. The Labute approximate surface area is 159 Å². The van der Waals surface area contributed by atoms with E-state index in [1.807, 2.05) is 4.90 Å². The predicted octanol–water partition coefficient (Wildman–Crippen LogP) is 2.32. The molecule has 5 nitrogen and oxygen atoms in total. The van der Waals surface area contributed by atoms with Crippen LogP contribution in [0, 0.1) is 0 Å². The predicted molar refractivity (Wildman–Crippen MR) is 99.0 cm³/mol. The number of hydrogen-bond donors (Lipinski definition) is 1. The van der Waals surface area contributed by atoms with Crippen LogP contribution in [-0.4, -0.2) is 80.5 Å². The lowest BCUT2D eigenvalue weighted by molar-refractivity contribution is -0.181. The highest BCUT2D eigenvalue weighted by Crippen LogP contribution is 2.25. The molecule has 9 heteroatoms. The molecule has 2 aliphatic heterocycles. The SMILES string of the molecule is CN=C(NCCC1CCCO1)N1CCN(C(C)C(F)(F)F)CC1.I. The minimum absolute atomic E-state index is 0. The number of ether oxygens (including phenoxy) is 1. The average Bonchev–Trinajstić information content (AvgIpc) is 3.03. The zero-order valence-electron chi connectivity index (χ0n) is 14.3. The summed E-state index contributed by atoms with van der Waals surface area (Å²) in [6.07, 6.45) is -0.675. The van der Waals surface area contributed by atoms with Gasteiger partial charge < -0.3 is 15.0 Å². The van der Waals surface area contributed by atoms with Crippen LogP contribution in [0.25, 0.3) is 0 Å². The molecule has 0 aromatic rings. The van der Waals surface area contributed by atoms with E-state index in [0.29, 0.717) is 32.3 Å². The lowest BCUT2D eigenvalue weighted by Crippen LogP contribution is -2.56. The van der Waals surface area contributed by atoms with E-state index >= 15 is 0 Å². The van der Waals surface area contributed by atoms with Crippen LogP contribution in [0.3, 0.4) is 0 Å². The summed E-state index contributed by atoms with van der Waals surface area (Å²) in [6.45, 7) is 4.75. The second-order valence-corrected chi connectivity index (χ2v) is 6.14. The molecule has 0 saturated carbocycles. The third-order valence-electron chi connectivity index (χ3n) is 4.62. The van der Waals surface area contributed by atoms with Crippen LogP contribution < -0.4 is 5.32 Å². The highest BCUT2D eigenvalue weighted by atomic mass is 127. The van der Waals surface area contributed by atoms with Gasteiger partial charge in [0.25, 0.3) is 0 Å². The summed E-state index contributed by atoms with van der Waals surface area (Å²) in [5, 5.41) is 3.30. The maximum atomic E-state index is 12.8. The summed E-state index contributed by atoms with van der Waals surface area (Å²) < 4.78 is 43.9. The Morgan fingerprint density at radius 1 is 1.29 bits per heavy atom. The normalized spacial score (nSPS) is 24.6. The van der Waals surface area contributed by atoms with Gasteiger partial charge in [-0.3, -0.25) is 9.89 Å². The Morgan fingerprint density at radius 3 is 2.46 bits per heavy atom. The molecule has 2 heterocycles. The number of piperazine rings is 1. The van der Waals surface area contributed by atoms with E-state index in [2.05, 4.69) is 10.3 Å². The van der Waals surface area contributed by atoms with Crippen molar-refractivity contribution in [2.24, 2.45) is 4.99 Å². The van der Waals surface area contributed by atoms with Crippen LogP contribution in [0.15, 0.2) is 4.99 Å². The molecule has 0 aromatic heterocycles. The maximum Gasteiger partial charge on any atom is 0.403 e. The summed E-state index contributed by atoms with van der Waals surface area (Å²) in [6, 6.07) is -1.39. The summed E-state index contributed by atoms with van der Waals surface area (Å²) in [4.78, 5) is 7.75. The number of nitrogens with one attached hydrogen (secondary N) is 1. The van der Waals surface area contributed by atoms with Crippen molar-refractivity contribution in [1.82, 2.24) is 15.1 Å². The first-order valence-electron chi connectivity index (χ1n) is 8.29. The van der Waals surface area contributed by atoms with Gasteiger partial charge in [-0.25, -0.2) is 0 Å². The number of nitrogens with zero attached hydrogens (tertiary/aromatic N) is 3. The summed E-state index contributed by atoms with van der Waals surface area (Å²) >= 11 is 0. The first-order chi connectivity index (χ1) is 10.9. The molecule has 0 aromatic carbocycles. The van der Waals surface area contributed by atoms with E-state index in [1.165, 1.54) is 11.8 Å². The van der Waals surface area contributed by atoms with Gasteiger partial charge in [0, 0.05) is 46.4 Å². The fourth-order valence-electron chi connectivity index (χ4n) is 3.08. The lowest BCUT2D eigenvalue weighted by atomic mass is 10.2. The van der Waals surface area contributed by atoms with E-state index in [0.717, 1.165) is 38.4 Å². The van der Waals surface area contributed by atoms with E-state index in [-0.39, 0.29) is 24.0 Å². The minimum atomic E-state index is -4.16. The van der Waals surface area contributed by atoms with Gasteiger partial charge in [0.2, 0.25) is 0 Å². The number of guanidine groups is 1. The van der Waals surface area contributed by atoms with Gasteiger partial charge in [-0.2, -0.15) is 13.2 Å². The molecule has 0 bridgehead atoms. The zero-order valence-corrected chi connectivity index (χ0v) is 16.6. The second-order valence-electron chi connectivity index (χ2n) is 6.14. The Kier molecular flexibility index (Phi) is 9.07. The number of rotatable bonds is 4. The quantitative estimate of drug-likeness (QED) is 0.394. The zero-order chi connectivity index (χ0) is 16.9. The molecule has 2 atom stereocenters. The van der Waals surface area contributed by atoms with Crippen molar-refractivity contribution in [3.63, 3.8) is 0 Å². The van der Waals surface area contributed by atoms with Crippen molar-refractivity contribution in [1.29, 1.82) is 0 Å². The van der Waals surface area contributed by atoms with Crippen LogP contribution in [0.4, 0.5) is 13.2 Å². The highest BCUT2D eigenvalue weighted by Gasteiger charge is 2.41. The van der Waals surface area contributed by atoms with Crippen LogP contribution in [0.2, 0.25) is 0 Å². The summed E-state index contributed by atoms with van der Waals surface area (Å²) in [5.74, 6) is 0.766. The molecule has 2 fully saturated rings. The number of alkyl halides is 3. The Balaban J connectivity index is 0.00000288. The van der Waals surface area contributed by atoms with Crippen molar-refractivity contribution in [3.8, 4) is 0 Å².